The summed E-state index contributed by atoms with van der Waals surface area (Å²) in [6.07, 6.45) is 13.1. The van der Waals surface area contributed by atoms with Crippen LogP contribution in [0.4, 0.5) is 0 Å². The molecule has 7 aliphatic heterocycles. The van der Waals surface area contributed by atoms with Crippen molar-refractivity contribution >= 4 is 40.2 Å². The number of fused-ring (bicyclic) bond motifs is 11. The molecule has 3 amide bonds. The van der Waals surface area contributed by atoms with Gasteiger partial charge in [0.25, 0.3) is 11.5 Å². The first-order chi connectivity index (χ1) is 31.2. The fourth-order valence-electron chi connectivity index (χ4n) is 13.4. The fourth-order valence-corrected chi connectivity index (χ4v) is 13.7. The molecule has 1 aliphatic carbocycles. The van der Waals surface area contributed by atoms with Gasteiger partial charge in [-0.15, -0.1) is 0 Å². The minimum absolute atomic E-state index is 0.0338. The first kappa shape index (κ1) is 40.9. The minimum atomic E-state index is -0.620. The Morgan fingerprint density at radius 2 is 1.55 bits per heavy atom. The molecule has 8 aliphatic rings. The number of carbonyl (C=O) groups excluding carboxylic acids is 3. The van der Waals surface area contributed by atoms with Gasteiger partial charge in [-0.2, -0.15) is 4.98 Å². The summed E-state index contributed by atoms with van der Waals surface area (Å²) in [5.74, 6) is 1.51. The van der Waals surface area contributed by atoms with Crippen molar-refractivity contribution in [2.45, 2.75) is 119 Å². The van der Waals surface area contributed by atoms with Gasteiger partial charge in [-0.3, -0.25) is 29.1 Å². The first-order valence-electron chi connectivity index (χ1n) is 24.2. The number of ether oxygens (including phenoxy) is 1. The molecule has 0 radical (unpaired) electrons. The molecular weight excluding hydrogens is 826 g/mol. The summed E-state index contributed by atoms with van der Waals surface area (Å²) in [5, 5.41) is 3.40. The summed E-state index contributed by atoms with van der Waals surface area (Å²) < 4.78 is 8.71. The number of nitrogens with zero attached hydrogens (tertiary/aromatic N) is 6. The summed E-state index contributed by atoms with van der Waals surface area (Å²) >= 11 is 6.59. The Bertz CT molecular complexity index is 2630. The number of rotatable bonds is 6. The van der Waals surface area contributed by atoms with Crippen LogP contribution in [0.25, 0.3) is 16.6 Å². The number of amides is 3. The molecule has 1 atom stereocenters. The van der Waals surface area contributed by atoms with Crippen LogP contribution < -0.4 is 15.6 Å². The summed E-state index contributed by atoms with van der Waals surface area (Å²) in [5.41, 5.74) is 7.15. The Labute approximate surface area is 379 Å². The molecule has 12 nitrogen and oxygen atoms in total. The fraction of sp³-hybridized carbons (Fsp3) is 0.549. The number of benzene rings is 3. The lowest BCUT2D eigenvalue weighted by atomic mass is 9.69. The number of hydrogen-bond acceptors (Lipinski definition) is 9. The highest BCUT2D eigenvalue weighted by Crippen LogP contribution is 2.53. The van der Waals surface area contributed by atoms with E-state index < -0.39 is 6.04 Å². The molecule has 2 spiro atoms. The van der Waals surface area contributed by atoms with E-state index in [0.717, 1.165) is 114 Å². The number of hydrogen-bond donors (Lipinski definition) is 1. The van der Waals surface area contributed by atoms with E-state index in [1.807, 2.05) is 18.2 Å². The van der Waals surface area contributed by atoms with Gasteiger partial charge in [-0.1, -0.05) is 55.1 Å². The summed E-state index contributed by atoms with van der Waals surface area (Å²) in [4.78, 5) is 65.8. The van der Waals surface area contributed by atoms with E-state index in [0.29, 0.717) is 47.5 Å². The lowest BCUT2D eigenvalue weighted by molar-refractivity contribution is -0.136. The van der Waals surface area contributed by atoms with Crippen molar-refractivity contribution in [1.29, 1.82) is 0 Å². The lowest BCUT2D eigenvalue weighted by Gasteiger charge is -2.45. The molecule has 3 aromatic carbocycles. The first-order valence-corrected chi connectivity index (χ1v) is 24.6. The quantitative estimate of drug-likeness (QED) is 0.219. The molecule has 12 rings (SSSR count). The minimum Gasteiger partial charge on any atom is -0.492 e. The molecule has 64 heavy (non-hydrogen) atoms. The number of halogens is 1. The zero-order valence-corrected chi connectivity index (χ0v) is 37.5. The van der Waals surface area contributed by atoms with Gasteiger partial charge in [-0.05, 0) is 138 Å². The van der Waals surface area contributed by atoms with Gasteiger partial charge in [-0.25, -0.2) is 0 Å². The van der Waals surface area contributed by atoms with E-state index in [-0.39, 0.29) is 40.5 Å². The zero-order chi connectivity index (χ0) is 43.3. The molecule has 4 aromatic rings. The highest BCUT2D eigenvalue weighted by Gasteiger charge is 2.49. The van der Waals surface area contributed by atoms with Gasteiger partial charge in [0, 0.05) is 47.7 Å². The number of imide groups is 1. The Balaban J connectivity index is 0.635. The molecule has 1 saturated carbocycles. The van der Waals surface area contributed by atoms with Crippen molar-refractivity contribution in [2.24, 2.45) is 0 Å². The Morgan fingerprint density at radius 1 is 0.797 bits per heavy atom. The van der Waals surface area contributed by atoms with E-state index in [2.05, 4.69) is 48.8 Å². The van der Waals surface area contributed by atoms with E-state index >= 15 is 0 Å². The van der Waals surface area contributed by atoms with Crippen LogP contribution in [0, 0.1) is 0 Å². The molecule has 1 aromatic heterocycles. The molecule has 8 heterocycles. The molecule has 5 fully saturated rings. The predicted octanol–water partition coefficient (Wildman–Crippen LogP) is 6.43. The van der Waals surface area contributed by atoms with Crippen molar-refractivity contribution in [3.8, 4) is 11.4 Å². The van der Waals surface area contributed by atoms with Crippen LogP contribution in [-0.2, 0) is 27.0 Å². The van der Waals surface area contributed by atoms with Crippen LogP contribution >= 0.6 is 11.6 Å². The lowest BCUT2D eigenvalue weighted by Crippen LogP contribution is -2.52. The summed E-state index contributed by atoms with van der Waals surface area (Å²) in [7, 11) is 0. The maximum absolute atomic E-state index is 13.4. The third kappa shape index (κ3) is 6.51. The third-order valence-electron chi connectivity index (χ3n) is 17.1. The second-order valence-electron chi connectivity index (χ2n) is 20.3. The molecule has 0 bridgehead atoms. The van der Waals surface area contributed by atoms with Crippen molar-refractivity contribution in [2.75, 3.05) is 59.0 Å². The molecule has 334 valence electrons. The Kier molecular flexibility index (Phi) is 10.1. The highest BCUT2D eigenvalue weighted by atomic mass is 35.5. The van der Waals surface area contributed by atoms with Gasteiger partial charge in [0.1, 0.15) is 17.6 Å². The maximum Gasteiger partial charge on any atom is 0.282 e. The Morgan fingerprint density at radius 3 is 2.30 bits per heavy atom. The normalized spacial score (nSPS) is 24.9. The van der Waals surface area contributed by atoms with Crippen molar-refractivity contribution in [1.82, 2.24) is 34.5 Å². The largest absolute Gasteiger partial charge is 0.492 e. The van der Waals surface area contributed by atoms with Gasteiger partial charge >= 0.3 is 0 Å². The second kappa shape index (κ2) is 15.8. The monoisotopic (exact) mass is 883 g/mol. The maximum atomic E-state index is 13.4. The molecule has 13 heteroatoms. The SMILES string of the molecule is O=C1CC[C@H](N2Cc3c(ccc4c3OCC43CCN(C4CCN(CCN5CCC(c6ccc7c(c6)C6(CCCCC6)c6nc(=O)c8c(Cl)cccc8n6-7)CC5)CC4)CC3)C2=O)C(=O)N1. The number of piperidine rings is 4. The van der Waals surface area contributed by atoms with Crippen LogP contribution in [0.5, 0.6) is 5.75 Å². The molecular formula is C51H58ClN7O5. The van der Waals surface area contributed by atoms with Gasteiger partial charge in [0.15, 0.2) is 0 Å². The molecule has 1 N–H and O–H groups in total. The molecule has 4 saturated heterocycles. The van der Waals surface area contributed by atoms with Crippen LogP contribution in [0.2, 0.25) is 5.02 Å². The topological polar surface area (TPSA) is 120 Å². The van der Waals surface area contributed by atoms with Crippen molar-refractivity contribution in [3.05, 3.63) is 97.5 Å². The highest BCUT2D eigenvalue weighted by molar-refractivity contribution is 6.35. The van der Waals surface area contributed by atoms with Gasteiger partial charge in [0.2, 0.25) is 11.8 Å². The van der Waals surface area contributed by atoms with E-state index in [4.69, 9.17) is 21.3 Å². The number of likely N-dealkylation sites (tertiary alicyclic amines) is 3. The van der Waals surface area contributed by atoms with Crippen LogP contribution in [0.3, 0.4) is 0 Å². The van der Waals surface area contributed by atoms with Gasteiger partial charge < -0.3 is 24.3 Å². The number of aromatic nitrogens is 2. The Hall–Kier alpha value is -4.62. The summed E-state index contributed by atoms with van der Waals surface area (Å²) in [6, 6.07) is 17.0. The summed E-state index contributed by atoms with van der Waals surface area (Å²) in [6.45, 7) is 9.93. The van der Waals surface area contributed by atoms with E-state index in [1.165, 1.54) is 54.5 Å². The standard InChI is InChI=1S/C51H58ClN7O5/c52-39-5-4-6-41-44(39)47(62)54-49-51(17-2-1-3-18-51)38-29-33(7-10-40(38)59(41)49)32-13-21-55(22-14-32)27-28-56-23-15-34(16-24-56)57-25-19-50(20-26-57)31-64-45-36-30-58(42-11-12-43(60)53-46(42)61)48(63)35(36)8-9-37(45)50/h4-10,29,32,34,42H,1-3,11-28,30-31H2,(H,53,60,61)/t42-/m0/s1. The molecule has 0 unspecified atom stereocenters. The van der Waals surface area contributed by atoms with E-state index in [1.54, 1.807) is 11.0 Å². The second-order valence-corrected chi connectivity index (χ2v) is 20.7. The van der Waals surface area contributed by atoms with Crippen molar-refractivity contribution in [3.63, 3.8) is 0 Å². The van der Waals surface area contributed by atoms with E-state index in [9.17, 15) is 19.2 Å². The van der Waals surface area contributed by atoms with Crippen molar-refractivity contribution < 1.29 is 19.1 Å². The third-order valence-corrected chi connectivity index (χ3v) is 17.4. The van der Waals surface area contributed by atoms with Crippen LogP contribution in [0.1, 0.15) is 128 Å². The number of carbonyl (C=O) groups is 3. The predicted molar refractivity (Wildman–Crippen MR) is 245 cm³/mol. The van der Waals surface area contributed by atoms with Crippen LogP contribution in [0.15, 0.2) is 53.3 Å². The zero-order valence-electron chi connectivity index (χ0n) is 36.7. The average molecular weight is 885 g/mol. The smallest absolute Gasteiger partial charge is 0.282 e. The number of nitrogens with one attached hydrogen (secondary N) is 1. The van der Waals surface area contributed by atoms with Gasteiger partial charge in [0.05, 0.1) is 40.2 Å². The van der Waals surface area contributed by atoms with Crippen LogP contribution in [-0.4, -0.2) is 118 Å². The average Bonchev–Trinajstić information content (AvgIpc) is 3.93.